The highest BCUT2D eigenvalue weighted by Crippen LogP contribution is 2.59. The number of nitrogens with zero attached hydrogens (tertiary/aromatic N) is 1. The SMILES string of the molecule is Cc1cc(-c2ccc3c(c2Nc2ccc4c(c2)C(C)(C)CCC4(C)C)C(C)(C)c2cc4c(cc2-3)C(C)(C)CCC4(C)C)c2c(c1)N(c1cc3c(cc1C)C(C)(C)CCC3(C)C)c1cc(-c3ccccc3)ccc1B2. The molecule has 0 fully saturated rings. The van der Waals surface area contributed by atoms with Crippen molar-refractivity contribution in [3.8, 4) is 33.4 Å². The zero-order valence-corrected chi connectivity index (χ0v) is 47.9. The molecule has 0 bridgehead atoms. The Hall–Kier alpha value is -5.80. The zero-order chi connectivity index (χ0) is 52.4. The van der Waals surface area contributed by atoms with Crippen LogP contribution in [0.15, 0.2) is 115 Å². The van der Waals surface area contributed by atoms with Crippen molar-refractivity contribution in [2.75, 3.05) is 10.2 Å². The molecule has 5 aliphatic rings. The van der Waals surface area contributed by atoms with E-state index in [1.807, 2.05) is 0 Å². The number of nitrogens with one attached hydrogen (secondary N) is 1. The van der Waals surface area contributed by atoms with Gasteiger partial charge in [-0.05, 0) is 210 Å². The maximum Gasteiger partial charge on any atom is 0.198 e. The van der Waals surface area contributed by atoms with Gasteiger partial charge in [0.25, 0.3) is 0 Å². The molecule has 1 aliphatic heterocycles. The van der Waals surface area contributed by atoms with Gasteiger partial charge in [0.1, 0.15) is 0 Å². The lowest BCUT2D eigenvalue weighted by molar-refractivity contribution is 0.331. The van der Waals surface area contributed by atoms with E-state index in [1.165, 1.54) is 167 Å². The third kappa shape index (κ3) is 7.46. The van der Waals surface area contributed by atoms with Crippen LogP contribution in [-0.4, -0.2) is 7.28 Å². The molecule has 4 aliphatic carbocycles. The monoisotopic (exact) mass is 973 g/mol. The summed E-state index contributed by atoms with van der Waals surface area (Å²) in [6.07, 6.45) is 7.16. The minimum Gasteiger partial charge on any atom is -0.355 e. The Labute approximate surface area is 446 Å². The van der Waals surface area contributed by atoms with E-state index in [4.69, 9.17) is 0 Å². The number of fused-ring (bicyclic) bond motifs is 8. The standard InChI is InChI=1S/C71H81BN2/c1-42-34-50(63-61(35-42)74(60-37-45(22-27-58(60)72-63)44-20-18-17-19-21-44)59-41-57-53(36-43(59)2)66(5,6)30-33-70(57,13)14)48-25-24-47-49-39-55-56(69(11,12)32-31-68(55,9)10)40-52(49)71(15,16)62(47)64(48)73-46-23-26-51-54(38-46)67(7,8)29-28-65(51,3)4/h17-27,34-41,72-73H,28-33H2,1-16H3. The fraction of sp³-hybridized carbons (Fsp3) is 0.408. The van der Waals surface area contributed by atoms with Gasteiger partial charge in [-0.15, -0.1) is 0 Å². The molecule has 0 saturated carbocycles. The van der Waals surface area contributed by atoms with Crippen LogP contribution >= 0.6 is 0 Å². The van der Waals surface area contributed by atoms with Crippen LogP contribution in [0.5, 0.6) is 0 Å². The first kappa shape index (κ1) is 49.1. The molecule has 0 atom stereocenters. The molecule has 74 heavy (non-hydrogen) atoms. The highest BCUT2D eigenvalue weighted by Gasteiger charge is 2.45. The normalized spacial score (nSPS) is 20.1. The summed E-state index contributed by atoms with van der Waals surface area (Å²) in [5, 5.41) is 4.34. The van der Waals surface area contributed by atoms with E-state index in [0.29, 0.717) is 0 Å². The Bertz CT molecular complexity index is 3500. The van der Waals surface area contributed by atoms with Gasteiger partial charge in [-0.1, -0.05) is 181 Å². The molecule has 0 spiro atoms. The molecule has 1 N–H and O–H groups in total. The summed E-state index contributed by atoms with van der Waals surface area (Å²) in [7, 11) is 0.841. The predicted molar refractivity (Wildman–Crippen MR) is 321 cm³/mol. The van der Waals surface area contributed by atoms with Crippen LogP contribution in [0.2, 0.25) is 0 Å². The summed E-state index contributed by atoms with van der Waals surface area (Å²) in [4.78, 5) is 2.67. The number of anilines is 5. The second-order valence-electron chi connectivity index (χ2n) is 28.4. The van der Waals surface area contributed by atoms with Crippen LogP contribution < -0.4 is 21.1 Å². The Morgan fingerprint density at radius 2 is 0.959 bits per heavy atom. The van der Waals surface area contributed by atoms with Gasteiger partial charge in [0.15, 0.2) is 7.28 Å². The van der Waals surface area contributed by atoms with E-state index in [9.17, 15) is 0 Å². The molecule has 0 unspecified atom stereocenters. The van der Waals surface area contributed by atoms with Crippen LogP contribution in [0, 0.1) is 13.8 Å². The highest BCUT2D eigenvalue weighted by atomic mass is 15.2. The molecule has 12 rings (SSSR count). The Kier molecular flexibility index (Phi) is 10.7. The summed E-state index contributed by atoms with van der Waals surface area (Å²) < 4.78 is 0. The molecule has 1 heterocycles. The fourth-order valence-electron chi connectivity index (χ4n) is 14.8. The van der Waals surface area contributed by atoms with E-state index >= 15 is 0 Å². The molecule has 0 radical (unpaired) electrons. The number of rotatable bonds is 5. The zero-order valence-electron chi connectivity index (χ0n) is 47.9. The van der Waals surface area contributed by atoms with Crippen molar-refractivity contribution in [2.24, 2.45) is 0 Å². The smallest absolute Gasteiger partial charge is 0.198 e. The lowest BCUT2D eigenvalue weighted by Crippen LogP contribution is -2.41. The summed E-state index contributed by atoms with van der Waals surface area (Å²) in [5.74, 6) is 0. The minimum absolute atomic E-state index is 0.0696. The van der Waals surface area contributed by atoms with E-state index in [0.717, 1.165) is 7.28 Å². The van der Waals surface area contributed by atoms with Crippen LogP contribution in [0.4, 0.5) is 28.4 Å². The van der Waals surface area contributed by atoms with Crippen molar-refractivity contribution >= 4 is 46.6 Å². The van der Waals surface area contributed by atoms with Gasteiger partial charge in [-0.3, -0.25) is 0 Å². The molecule has 7 aromatic carbocycles. The van der Waals surface area contributed by atoms with E-state index < -0.39 is 0 Å². The fourth-order valence-corrected chi connectivity index (χ4v) is 14.8. The Balaban J connectivity index is 1.12. The molecule has 0 amide bonds. The van der Waals surface area contributed by atoms with Crippen molar-refractivity contribution in [3.05, 3.63) is 171 Å². The first-order valence-corrected chi connectivity index (χ1v) is 28.3. The minimum atomic E-state index is -0.262. The largest absolute Gasteiger partial charge is 0.355 e. The van der Waals surface area contributed by atoms with Gasteiger partial charge in [-0.25, -0.2) is 0 Å². The summed E-state index contributed by atoms with van der Waals surface area (Å²) in [6, 6.07) is 46.0. The highest BCUT2D eigenvalue weighted by molar-refractivity contribution is 6.73. The second kappa shape index (κ2) is 16.1. The van der Waals surface area contributed by atoms with E-state index in [1.54, 1.807) is 0 Å². The first-order valence-electron chi connectivity index (χ1n) is 28.3. The molecular formula is C71H81BN2. The van der Waals surface area contributed by atoms with Crippen LogP contribution in [0.25, 0.3) is 33.4 Å². The molecule has 378 valence electrons. The van der Waals surface area contributed by atoms with Crippen molar-refractivity contribution in [3.63, 3.8) is 0 Å². The van der Waals surface area contributed by atoms with Crippen molar-refractivity contribution in [2.45, 2.75) is 187 Å². The van der Waals surface area contributed by atoms with Gasteiger partial charge in [0.2, 0.25) is 0 Å². The number of benzene rings is 7. The van der Waals surface area contributed by atoms with Crippen LogP contribution in [0.3, 0.4) is 0 Å². The molecule has 0 saturated heterocycles. The summed E-state index contributed by atoms with van der Waals surface area (Å²) in [6.45, 7) is 39.3. The Morgan fingerprint density at radius 3 is 1.59 bits per heavy atom. The average Bonchev–Trinajstić information content (AvgIpc) is 3.59. The lowest BCUT2D eigenvalue weighted by Gasteiger charge is -2.44. The third-order valence-corrected chi connectivity index (χ3v) is 20.0. The number of hydrogen-bond acceptors (Lipinski definition) is 2. The van der Waals surface area contributed by atoms with E-state index in [2.05, 4.69) is 236 Å². The second-order valence-corrected chi connectivity index (χ2v) is 28.4. The van der Waals surface area contributed by atoms with E-state index in [-0.39, 0.29) is 37.9 Å². The molecule has 3 heteroatoms. The maximum atomic E-state index is 4.34. The average molecular weight is 973 g/mol. The summed E-state index contributed by atoms with van der Waals surface area (Å²) >= 11 is 0. The predicted octanol–water partition coefficient (Wildman–Crippen LogP) is 17.9. The third-order valence-electron chi connectivity index (χ3n) is 20.0. The topological polar surface area (TPSA) is 15.3 Å². The Morgan fingerprint density at radius 1 is 0.405 bits per heavy atom. The van der Waals surface area contributed by atoms with Gasteiger partial charge in [-0.2, -0.15) is 0 Å². The quantitative estimate of drug-likeness (QED) is 0.173. The van der Waals surface area contributed by atoms with Gasteiger partial charge in [0, 0.05) is 33.7 Å². The maximum absolute atomic E-state index is 4.34. The molecule has 2 nitrogen and oxygen atoms in total. The van der Waals surface area contributed by atoms with Gasteiger partial charge in [0.05, 0.1) is 5.69 Å². The van der Waals surface area contributed by atoms with Crippen molar-refractivity contribution in [1.29, 1.82) is 0 Å². The van der Waals surface area contributed by atoms with Crippen LogP contribution in [-0.2, 0) is 37.9 Å². The van der Waals surface area contributed by atoms with Crippen molar-refractivity contribution < 1.29 is 0 Å². The van der Waals surface area contributed by atoms with Gasteiger partial charge < -0.3 is 10.2 Å². The number of hydrogen-bond donors (Lipinski definition) is 1. The summed E-state index contributed by atoms with van der Waals surface area (Å²) in [5.41, 5.74) is 31.8. The van der Waals surface area contributed by atoms with Crippen molar-refractivity contribution in [1.82, 2.24) is 0 Å². The van der Waals surface area contributed by atoms with Gasteiger partial charge >= 0.3 is 0 Å². The molecule has 7 aromatic rings. The van der Waals surface area contributed by atoms with Crippen LogP contribution in [0.1, 0.15) is 191 Å². The molecule has 0 aromatic heterocycles. The molecular weight excluding hydrogens is 892 g/mol. The number of aryl methyl sites for hydroxylation is 2. The first-order chi connectivity index (χ1) is 34.7. The lowest BCUT2D eigenvalue weighted by atomic mass is 9.57.